The molecule has 0 spiro atoms. The number of benzene rings is 1. The maximum atomic E-state index is 6.15. The van der Waals surface area contributed by atoms with Gasteiger partial charge in [-0.25, -0.2) is 0 Å². The van der Waals surface area contributed by atoms with E-state index in [2.05, 4.69) is 5.32 Å². The smallest absolute Gasteiger partial charge is 0.137 e. The molecule has 0 saturated heterocycles. The highest BCUT2D eigenvalue weighted by atomic mass is 35.5. The predicted octanol–water partition coefficient (Wildman–Crippen LogP) is 2.71. The molecule has 2 rings (SSSR count). The summed E-state index contributed by atoms with van der Waals surface area (Å²) >= 11 is 6.15. The second-order valence-corrected chi connectivity index (χ2v) is 5.19. The summed E-state index contributed by atoms with van der Waals surface area (Å²) in [5.41, 5.74) is 7.20. The Kier molecular flexibility index (Phi) is 4.87. The average molecular weight is 269 g/mol. The van der Waals surface area contributed by atoms with Crippen LogP contribution in [0.3, 0.4) is 0 Å². The zero-order valence-electron chi connectivity index (χ0n) is 10.8. The number of hydrogen-bond donors (Lipinski definition) is 2. The van der Waals surface area contributed by atoms with E-state index in [4.69, 9.17) is 22.1 Å². The molecule has 2 unspecified atom stereocenters. The fourth-order valence-electron chi connectivity index (χ4n) is 2.42. The molecule has 0 heterocycles. The molecule has 100 valence electrons. The van der Waals surface area contributed by atoms with E-state index in [1.54, 1.807) is 0 Å². The quantitative estimate of drug-likeness (QED) is 0.863. The topological polar surface area (TPSA) is 47.3 Å². The maximum Gasteiger partial charge on any atom is 0.137 e. The summed E-state index contributed by atoms with van der Waals surface area (Å²) in [6.45, 7) is 3.39. The minimum Gasteiger partial charge on any atom is -0.492 e. The van der Waals surface area contributed by atoms with Crippen LogP contribution in [0.4, 0.5) is 0 Å². The first-order valence-corrected chi connectivity index (χ1v) is 6.98. The first-order chi connectivity index (χ1) is 8.70. The van der Waals surface area contributed by atoms with E-state index in [-0.39, 0.29) is 0 Å². The minimum atomic E-state index is 0.295. The van der Waals surface area contributed by atoms with E-state index in [1.165, 1.54) is 18.4 Å². The van der Waals surface area contributed by atoms with Crippen molar-refractivity contribution >= 4 is 11.6 Å². The maximum absolute atomic E-state index is 6.15. The SMILES string of the molecule is CCOc1ccc(CNC2CCCC2N)cc1Cl. The number of ether oxygens (including phenoxy) is 1. The summed E-state index contributed by atoms with van der Waals surface area (Å²) in [4.78, 5) is 0. The lowest BCUT2D eigenvalue weighted by Crippen LogP contribution is -2.40. The number of halogens is 1. The van der Waals surface area contributed by atoms with Crippen molar-refractivity contribution in [2.24, 2.45) is 5.73 Å². The van der Waals surface area contributed by atoms with Crippen molar-refractivity contribution in [1.29, 1.82) is 0 Å². The first-order valence-electron chi connectivity index (χ1n) is 6.61. The van der Waals surface area contributed by atoms with Crippen LogP contribution in [0.15, 0.2) is 18.2 Å². The molecule has 2 atom stereocenters. The van der Waals surface area contributed by atoms with Gasteiger partial charge in [-0.15, -0.1) is 0 Å². The third-order valence-electron chi connectivity index (χ3n) is 3.43. The normalized spacial score (nSPS) is 23.3. The summed E-state index contributed by atoms with van der Waals surface area (Å²) in [5, 5.41) is 4.17. The van der Waals surface area contributed by atoms with E-state index in [1.807, 2.05) is 25.1 Å². The van der Waals surface area contributed by atoms with Gasteiger partial charge >= 0.3 is 0 Å². The molecular weight excluding hydrogens is 248 g/mol. The van der Waals surface area contributed by atoms with Gasteiger partial charge in [-0.1, -0.05) is 24.1 Å². The highest BCUT2D eigenvalue weighted by Crippen LogP contribution is 2.25. The largest absolute Gasteiger partial charge is 0.492 e. The molecule has 1 fully saturated rings. The van der Waals surface area contributed by atoms with Crippen LogP contribution in [-0.2, 0) is 6.54 Å². The summed E-state index contributed by atoms with van der Waals surface area (Å²) in [6, 6.07) is 6.67. The molecule has 1 saturated carbocycles. The van der Waals surface area contributed by atoms with Gasteiger partial charge in [0.2, 0.25) is 0 Å². The van der Waals surface area contributed by atoms with Crippen LogP contribution in [-0.4, -0.2) is 18.7 Å². The molecule has 0 aliphatic heterocycles. The van der Waals surface area contributed by atoms with Gasteiger partial charge < -0.3 is 15.8 Å². The van der Waals surface area contributed by atoms with Crippen LogP contribution in [0, 0.1) is 0 Å². The average Bonchev–Trinajstić information content (AvgIpc) is 2.76. The van der Waals surface area contributed by atoms with Crippen LogP contribution in [0.1, 0.15) is 31.7 Å². The van der Waals surface area contributed by atoms with Gasteiger partial charge in [-0.05, 0) is 37.5 Å². The van der Waals surface area contributed by atoms with Crippen LogP contribution in [0.25, 0.3) is 0 Å². The van der Waals surface area contributed by atoms with Crippen molar-refractivity contribution in [2.45, 2.75) is 44.8 Å². The number of nitrogens with one attached hydrogen (secondary N) is 1. The van der Waals surface area contributed by atoms with Crippen LogP contribution in [0.5, 0.6) is 5.75 Å². The summed E-state index contributed by atoms with van der Waals surface area (Å²) in [7, 11) is 0. The molecular formula is C14H21ClN2O. The van der Waals surface area contributed by atoms with Gasteiger partial charge in [0.25, 0.3) is 0 Å². The Labute approximate surface area is 114 Å². The summed E-state index contributed by atoms with van der Waals surface area (Å²) in [6.07, 6.45) is 3.52. The van der Waals surface area contributed by atoms with E-state index < -0.39 is 0 Å². The highest BCUT2D eigenvalue weighted by Gasteiger charge is 2.22. The lowest BCUT2D eigenvalue weighted by Gasteiger charge is -2.17. The Morgan fingerprint density at radius 3 is 2.89 bits per heavy atom. The van der Waals surface area contributed by atoms with Crippen LogP contribution in [0.2, 0.25) is 5.02 Å². The number of rotatable bonds is 5. The predicted molar refractivity (Wildman–Crippen MR) is 75.1 cm³/mol. The third-order valence-corrected chi connectivity index (χ3v) is 3.73. The summed E-state index contributed by atoms with van der Waals surface area (Å²) < 4.78 is 5.41. The molecule has 18 heavy (non-hydrogen) atoms. The molecule has 0 amide bonds. The van der Waals surface area contributed by atoms with E-state index >= 15 is 0 Å². The zero-order valence-corrected chi connectivity index (χ0v) is 11.5. The second-order valence-electron chi connectivity index (χ2n) is 4.78. The van der Waals surface area contributed by atoms with E-state index in [0.29, 0.717) is 23.7 Å². The van der Waals surface area contributed by atoms with Crippen molar-refractivity contribution < 1.29 is 4.74 Å². The Bertz CT molecular complexity index is 397. The van der Waals surface area contributed by atoms with Gasteiger partial charge in [0.15, 0.2) is 0 Å². The van der Waals surface area contributed by atoms with Crippen LogP contribution >= 0.6 is 11.6 Å². The van der Waals surface area contributed by atoms with Crippen LogP contribution < -0.4 is 15.8 Å². The fourth-order valence-corrected chi connectivity index (χ4v) is 2.68. The molecule has 0 aromatic heterocycles. The fraction of sp³-hybridized carbons (Fsp3) is 0.571. The molecule has 4 heteroatoms. The van der Waals surface area contributed by atoms with Crippen molar-refractivity contribution in [3.63, 3.8) is 0 Å². The molecule has 1 aliphatic rings. The van der Waals surface area contributed by atoms with Crippen molar-refractivity contribution in [2.75, 3.05) is 6.61 Å². The number of hydrogen-bond acceptors (Lipinski definition) is 3. The minimum absolute atomic E-state index is 0.295. The van der Waals surface area contributed by atoms with Crippen molar-refractivity contribution in [3.05, 3.63) is 28.8 Å². The Morgan fingerprint density at radius 2 is 2.28 bits per heavy atom. The zero-order chi connectivity index (χ0) is 13.0. The monoisotopic (exact) mass is 268 g/mol. The Morgan fingerprint density at radius 1 is 1.44 bits per heavy atom. The molecule has 0 radical (unpaired) electrons. The van der Waals surface area contributed by atoms with E-state index in [0.717, 1.165) is 18.7 Å². The molecule has 3 N–H and O–H groups in total. The Balaban J connectivity index is 1.91. The lowest BCUT2D eigenvalue weighted by atomic mass is 10.1. The van der Waals surface area contributed by atoms with Gasteiger partial charge in [-0.2, -0.15) is 0 Å². The Hall–Kier alpha value is -0.770. The molecule has 1 aliphatic carbocycles. The first kappa shape index (κ1) is 13.7. The molecule has 1 aromatic carbocycles. The van der Waals surface area contributed by atoms with Crippen molar-refractivity contribution in [3.8, 4) is 5.75 Å². The number of nitrogens with two attached hydrogens (primary N) is 1. The molecule has 0 bridgehead atoms. The van der Waals surface area contributed by atoms with E-state index in [9.17, 15) is 0 Å². The van der Waals surface area contributed by atoms with Gasteiger partial charge in [-0.3, -0.25) is 0 Å². The highest BCUT2D eigenvalue weighted by molar-refractivity contribution is 6.32. The third kappa shape index (κ3) is 3.37. The second kappa shape index (κ2) is 6.41. The summed E-state index contributed by atoms with van der Waals surface area (Å²) in [5.74, 6) is 0.750. The van der Waals surface area contributed by atoms with Crippen molar-refractivity contribution in [1.82, 2.24) is 5.32 Å². The van der Waals surface area contributed by atoms with Gasteiger partial charge in [0.05, 0.1) is 11.6 Å². The van der Waals surface area contributed by atoms with Gasteiger partial charge in [0, 0.05) is 18.6 Å². The molecule has 3 nitrogen and oxygen atoms in total. The standard InChI is InChI=1S/C14H21ClN2O/c1-2-18-14-7-6-10(8-11(14)15)9-17-13-5-3-4-12(13)16/h6-8,12-13,17H,2-5,9,16H2,1H3. The lowest BCUT2D eigenvalue weighted by molar-refractivity contribution is 0.340. The molecule has 1 aromatic rings. The van der Waals surface area contributed by atoms with Gasteiger partial charge in [0.1, 0.15) is 5.75 Å².